The first kappa shape index (κ1) is 9.45. The highest BCUT2D eigenvalue weighted by Gasteiger charge is 2.09. The molecular weight excluding hydrogens is 192 g/mol. The minimum absolute atomic E-state index is 0.0347. The lowest BCUT2D eigenvalue weighted by Crippen LogP contribution is -2.09. The van der Waals surface area contributed by atoms with E-state index in [-0.39, 0.29) is 5.76 Å². The SMILES string of the molecule is [CH]c1cccc(-c2ncc(C(N)=O)o2)c1. The number of carbonyl (C=O) groups excluding carboxylic acids is 1. The minimum atomic E-state index is -0.641. The van der Waals surface area contributed by atoms with Crippen molar-refractivity contribution < 1.29 is 9.21 Å². The van der Waals surface area contributed by atoms with Crippen LogP contribution in [-0.2, 0) is 0 Å². The van der Waals surface area contributed by atoms with Gasteiger partial charge in [-0.2, -0.15) is 0 Å². The number of nitrogens with zero attached hydrogens (tertiary/aromatic N) is 1. The zero-order valence-corrected chi connectivity index (χ0v) is 7.81. The van der Waals surface area contributed by atoms with Crippen LogP contribution in [0.2, 0.25) is 0 Å². The molecule has 0 aliphatic rings. The molecule has 2 rings (SSSR count). The third-order valence-electron chi connectivity index (χ3n) is 1.88. The topological polar surface area (TPSA) is 69.1 Å². The Morgan fingerprint density at radius 1 is 1.47 bits per heavy atom. The summed E-state index contributed by atoms with van der Waals surface area (Å²) in [4.78, 5) is 14.7. The number of primary amides is 1. The molecule has 2 radical (unpaired) electrons. The maximum Gasteiger partial charge on any atom is 0.286 e. The van der Waals surface area contributed by atoms with Crippen molar-refractivity contribution in [3.05, 3.63) is 48.7 Å². The summed E-state index contributed by atoms with van der Waals surface area (Å²) in [6.45, 7) is 5.60. The lowest BCUT2D eigenvalue weighted by Gasteiger charge is -1.96. The van der Waals surface area contributed by atoms with Gasteiger partial charge in [0, 0.05) is 5.56 Å². The molecule has 0 saturated heterocycles. The van der Waals surface area contributed by atoms with Gasteiger partial charge >= 0.3 is 0 Å². The quantitative estimate of drug-likeness (QED) is 0.798. The second-order valence-electron chi connectivity index (χ2n) is 3.02. The van der Waals surface area contributed by atoms with E-state index in [0.717, 1.165) is 0 Å². The lowest BCUT2D eigenvalue weighted by molar-refractivity contribution is 0.0975. The van der Waals surface area contributed by atoms with Crippen molar-refractivity contribution in [3.8, 4) is 11.5 Å². The van der Waals surface area contributed by atoms with Gasteiger partial charge in [-0.25, -0.2) is 4.98 Å². The van der Waals surface area contributed by atoms with Crippen LogP contribution < -0.4 is 5.73 Å². The summed E-state index contributed by atoms with van der Waals surface area (Å²) in [5.74, 6) is -0.277. The molecule has 0 spiro atoms. The zero-order chi connectivity index (χ0) is 10.8. The molecule has 1 heterocycles. The van der Waals surface area contributed by atoms with Gasteiger partial charge in [-0.3, -0.25) is 4.79 Å². The predicted molar refractivity (Wildman–Crippen MR) is 53.9 cm³/mol. The van der Waals surface area contributed by atoms with E-state index in [0.29, 0.717) is 17.0 Å². The summed E-state index contributed by atoms with van der Waals surface area (Å²) in [5, 5.41) is 0. The van der Waals surface area contributed by atoms with Crippen LogP contribution in [0.5, 0.6) is 0 Å². The smallest absolute Gasteiger partial charge is 0.286 e. The number of hydrogen-bond donors (Lipinski definition) is 1. The van der Waals surface area contributed by atoms with E-state index in [2.05, 4.69) is 4.98 Å². The Labute approximate surface area is 86.7 Å². The van der Waals surface area contributed by atoms with E-state index < -0.39 is 5.91 Å². The van der Waals surface area contributed by atoms with E-state index >= 15 is 0 Å². The molecule has 1 amide bonds. The molecule has 0 aliphatic heterocycles. The number of hydrogen-bond acceptors (Lipinski definition) is 3. The lowest BCUT2D eigenvalue weighted by atomic mass is 10.1. The van der Waals surface area contributed by atoms with E-state index in [9.17, 15) is 4.79 Å². The van der Waals surface area contributed by atoms with Gasteiger partial charge in [-0.15, -0.1) is 0 Å². The van der Waals surface area contributed by atoms with Crippen molar-refractivity contribution in [1.82, 2.24) is 4.98 Å². The van der Waals surface area contributed by atoms with Crippen molar-refractivity contribution in [2.75, 3.05) is 0 Å². The van der Waals surface area contributed by atoms with Gasteiger partial charge in [0.05, 0.1) is 6.20 Å². The number of rotatable bonds is 2. The van der Waals surface area contributed by atoms with Crippen LogP contribution in [0.1, 0.15) is 16.1 Å². The summed E-state index contributed by atoms with van der Waals surface area (Å²) in [7, 11) is 0. The van der Waals surface area contributed by atoms with Gasteiger partial charge < -0.3 is 10.2 Å². The molecule has 74 valence electrons. The number of carbonyl (C=O) groups is 1. The molecule has 4 nitrogen and oxygen atoms in total. The molecule has 0 saturated carbocycles. The van der Waals surface area contributed by atoms with E-state index in [1.807, 2.05) is 0 Å². The molecule has 2 N–H and O–H groups in total. The average Bonchev–Trinajstić information content (AvgIpc) is 2.66. The molecule has 2 aromatic rings. The van der Waals surface area contributed by atoms with Gasteiger partial charge in [0.2, 0.25) is 11.7 Å². The Morgan fingerprint density at radius 2 is 2.27 bits per heavy atom. The second-order valence-corrected chi connectivity index (χ2v) is 3.02. The molecule has 1 aromatic heterocycles. The Hall–Kier alpha value is -2.10. The van der Waals surface area contributed by atoms with Crippen molar-refractivity contribution in [3.63, 3.8) is 0 Å². The maximum atomic E-state index is 10.8. The van der Waals surface area contributed by atoms with E-state index in [1.54, 1.807) is 24.3 Å². The number of benzene rings is 1. The van der Waals surface area contributed by atoms with Gasteiger partial charge in [0.1, 0.15) is 0 Å². The molecule has 4 heteroatoms. The fourth-order valence-corrected chi connectivity index (χ4v) is 1.19. The maximum absolute atomic E-state index is 10.8. The van der Waals surface area contributed by atoms with Gasteiger partial charge in [-0.05, 0) is 24.6 Å². The highest BCUT2D eigenvalue weighted by Crippen LogP contribution is 2.19. The fourth-order valence-electron chi connectivity index (χ4n) is 1.19. The predicted octanol–water partition coefficient (Wildman–Crippen LogP) is 1.50. The van der Waals surface area contributed by atoms with Crippen molar-refractivity contribution in [2.45, 2.75) is 0 Å². The minimum Gasteiger partial charge on any atom is -0.431 e. The summed E-state index contributed by atoms with van der Waals surface area (Å²) in [6.07, 6.45) is 1.29. The van der Waals surface area contributed by atoms with Crippen LogP contribution in [0, 0.1) is 6.92 Å². The third kappa shape index (κ3) is 1.88. The zero-order valence-electron chi connectivity index (χ0n) is 7.81. The molecule has 0 atom stereocenters. The molecule has 0 fully saturated rings. The van der Waals surface area contributed by atoms with Crippen molar-refractivity contribution >= 4 is 5.91 Å². The third-order valence-corrected chi connectivity index (χ3v) is 1.88. The molecule has 0 aliphatic carbocycles. The Bertz CT molecular complexity index is 503. The number of amides is 1. The highest BCUT2D eigenvalue weighted by atomic mass is 16.4. The fraction of sp³-hybridized carbons (Fsp3) is 0. The van der Waals surface area contributed by atoms with Crippen LogP contribution in [0.25, 0.3) is 11.5 Å². The first-order valence-corrected chi connectivity index (χ1v) is 4.28. The summed E-state index contributed by atoms with van der Waals surface area (Å²) < 4.78 is 5.14. The Kier molecular flexibility index (Phi) is 2.25. The van der Waals surface area contributed by atoms with E-state index in [1.165, 1.54) is 6.20 Å². The summed E-state index contributed by atoms with van der Waals surface area (Å²) in [5.41, 5.74) is 6.35. The normalized spacial score (nSPS) is 10.2. The van der Waals surface area contributed by atoms with Crippen LogP contribution in [-0.4, -0.2) is 10.9 Å². The number of aromatic nitrogens is 1. The summed E-state index contributed by atoms with van der Waals surface area (Å²) >= 11 is 0. The van der Waals surface area contributed by atoms with Crippen LogP contribution >= 0.6 is 0 Å². The number of nitrogens with two attached hydrogens (primary N) is 1. The van der Waals surface area contributed by atoms with Crippen molar-refractivity contribution in [2.24, 2.45) is 5.73 Å². The Balaban J connectivity index is 2.41. The standard InChI is InChI=1S/C11H8N2O2/c1-7-3-2-4-8(5-7)11-13-6-9(15-11)10(12)14/h1-6H,(H2,12,14). The monoisotopic (exact) mass is 200 g/mol. The van der Waals surface area contributed by atoms with Crippen LogP contribution in [0.4, 0.5) is 0 Å². The first-order chi connectivity index (χ1) is 7.16. The first-order valence-electron chi connectivity index (χ1n) is 4.28. The van der Waals surface area contributed by atoms with Crippen LogP contribution in [0.15, 0.2) is 34.9 Å². The van der Waals surface area contributed by atoms with E-state index in [4.69, 9.17) is 17.1 Å². The Morgan fingerprint density at radius 3 is 2.87 bits per heavy atom. The molecular formula is C11H8N2O2. The molecule has 0 unspecified atom stereocenters. The van der Waals surface area contributed by atoms with Crippen LogP contribution in [0.3, 0.4) is 0 Å². The van der Waals surface area contributed by atoms with Gasteiger partial charge in [0.15, 0.2) is 0 Å². The average molecular weight is 200 g/mol. The highest BCUT2D eigenvalue weighted by molar-refractivity contribution is 5.89. The number of oxazole rings is 1. The summed E-state index contributed by atoms with van der Waals surface area (Å²) in [6, 6.07) is 7.02. The van der Waals surface area contributed by atoms with Gasteiger partial charge in [0.25, 0.3) is 5.91 Å². The molecule has 0 bridgehead atoms. The second kappa shape index (κ2) is 3.57. The van der Waals surface area contributed by atoms with Gasteiger partial charge in [-0.1, -0.05) is 12.1 Å². The van der Waals surface area contributed by atoms with Crippen molar-refractivity contribution in [1.29, 1.82) is 0 Å². The largest absolute Gasteiger partial charge is 0.431 e. The molecule has 15 heavy (non-hydrogen) atoms. The molecule has 1 aromatic carbocycles.